The molecule has 13 heteroatoms. The number of rotatable bonds is 15. The molecule has 0 aliphatic carbocycles. The third kappa shape index (κ3) is 8.89. The van der Waals surface area contributed by atoms with E-state index in [1.54, 1.807) is 0 Å². The monoisotopic (exact) mass is 732 g/mol. The molecule has 0 aliphatic heterocycles. The van der Waals surface area contributed by atoms with Gasteiger partial charge in [0.05, 0.1) is 32.9 Å². The normalized spacial score (nSPS) is 14.8. The Morgan fingerprint density at radius 2 is 0.533 bits per heavy atom. The lowest BCUT2D eigenvalue weighted by atomic mass is 10.5. The van der Waals surface area contributed by atoms with Crippen molar-refractivity contribution in [2.45, 2.75) is 156 Å². The smallest absolute Gasteiger partial charge is 0.275 e. The summed E-state index contributed by atoms with van der Waals surface area (Å²) >= 11 is 0. The Labute approximate surface area is 284 Å². The van der Waals surface area contributed by atoms with E-state index in [1.165, 1.54) is 0 Å². The minimum atomic E-state index is -3.10. The van der Waals surface area contributed by atoms with Crippen LogP contribution >= 0.6 is 36.3 Å². The minimum absolute atomic E-state index is 0.355. The van der Waals surface area contributed by atoms with Gasteiger partial charge in [0.1, 0.15) is 0 Å². The summed E-state index contributed by atoms with van der Waals surface area (Å²) in [4.78, 5) is 0. The molecule has 0 N–H and O–H groups in total. The Kier molecular flexibility index (Phi) is 17.8. The van der Waals surface area contributed by atoms with Crippen LogP contribution in [0.5, 0.6) is 0 Å². The fraction of sp³-hybridized carbons (Fsp3) is 1.00. The van der Waals surface area contributed by atoms with Gasteiger partial charge >= 0.3 is 7.51 Å². The molecule has 0 fully saturated rings. The van der Waals surface area contributed by atoms with Crippen LogP contribution in [-0.2, 0) is 0 Å². The highest BCUT2D eigenvalue weighted by molar-refractivity contribution is 7.84. The first-order valence-electron chi connectivity index (χ1n) is 17.3. The molecule has 0 aliphatic rings. The summed E-state index contributed by atoms with van der Waals surface area (Å²) in [6, 6.07) is 0. The Bertz CT molecular complexity index is 1020. The maximum atomic E-state index is 6.39. The van der Waals surface area contributed by atoms with Gasteiger partial charge in [-0.2, -0.15) is 13.5 Å². The van der Waals surface area contributed by atoms with Crippen LogP contribution in [0.2, 0.25) is 0 Å². The SMILES string of the molecule is CC(C)P(=NP(N=P(C(C)C)(C(C)C)N(C)C)(N=P(C(C)C)(C(C)C)N(C)C)=[N+]=P(C(C)C)(C(C)C)N(C)C)(C(C)C)N(C)C. The summed E-state index contributed by atoms with van der Waals surface area (Å²) in [5.74, 6) is 0. The molecule has 8 nitrogen and oxygen atoms in total. The number of nitrogens with zero attached hydrogens (tertiary/aromatic N) is 8. The van der Waals surface area contributed by atoms with Gasteiger partial charge in [0, 0.05) is 34.0 Å². The summed E-state index contributed by atoms with van der Waals surface area (Å²) in [5, 5.41) is 0. The van der Waals surface area contributed by atoms with Gasteiger partial charge in [-0.25, -0.2) is 4.67 Å². The van der Waals surface area contributed by atoms with Gasteiger partial charge in [0.25, 0.3) is 7.21 Å². The maximum absolute atomic E-state index is 6.39. The molecule has 0 heterocycles. The average molecular weight is 732 g/mol. The predicted molar refractivity (Wildman–Crippen MR) is 220 cm³/mol. The van der Waals surface area contributed by atoms with Gasteiger partial charge in [0.15, 0.2) is 0 Å². The topological polar surface area (TPSA) is 64.1 Å². The van der Waals surface area contributed by atoms with Crippen LogP contribution in [0.4, 0.5) is 0 Å². The fourth-order valence-electron chi connectivity index (χ4n) is 8.10. The van der Waals surface area contributed by atoms with Crippen LogP contribution < -0.4 is 4.17 Å². The van der Waals surface area contributed by atoms with Gasteiger partial charge in [-0.15, -0.1) is 0 Å². The number of hydrogen-bond acceptors (Lipinski definition) is 0. The van der Waals surface area contributed by atoms with Crippen molar-refractivity contribution >= 4 is 36.3 Å². The Morgan fingerprint density at radius 1 is 0.333 bits per heavy atom. The van der Waals surface area contributed by atoms with E-state index >= 15 is 0 Å². The van der Waals surface area contributed by atoms with E-state index in [9.17, 15) is 0 Å². The van der Waals surface area contributed by atoms with E-state index in [4.69, 9.17) is 17.7 Å². The van der Waals surface area contributed by atoms with Gasteiger partial charge in [-0.3, -0.25) is 14.0 Å². The molecule has 0 amide bonds. The van der Waals surface area contributed by atoms with Gasteiger partial charge < -0.3 is 0 Å². The second-order valence-corrected chi connectivity index (χ2v) is 36.8. The molecule has 45 heavy (non-hydrogen) atoms. The lowest BCUT2D eigenvalue weighted by Gasteiger charge is -2.42. The molecule has 0 saturated heterocycles. The van der Waals surface area contributed by atoms with Gasteiger partial charge in [0.2, 0.25) is 0 Å². The largest absolute Gasteiger partial charge is 0.559 e. The number of hydrogen-bond donors (Lipinski definition) is 0. The van der Waals surface area contributed by atoms with Crippen molar-refractivity contribution in [2.24, 2.45) is 13.5 Å². The summed E-state index contributed by atoms with van der Waals surface area (Å²) in [6.07, 6.45) is 0. The Hall–Kier alpha value is 1.10. The second kappa shape index (κ2) is 17.4. The standard InChI is InChI=1S/C32H80N8P5/c1-25(2)41(26(3)4,37(17)18)33-45(34-42(27(5)6,28(7)8)38(19)20,35-43(29(9)10,30(11)12)39(21)22)36-44(31(13)14,32(15)16)40(23)24/h25-32H,1-24H3/q+1. The van der Waals surface area contributed by atoms with Crippen LogP contribution in [0.25, 0.3) is 0 Å². The zero-order chi connectivity index (χ0) is 36.3. The van der Waals surface area contributed by atoms with Crippen molar-refractivity contribution in [3.8, 4) is 0 Å². The van der Waals surface area contributed by atoms with E-state index in [0.717, 1.165) is 0 Å². The molecular formula is C32H80N8P5+. The third-order valence-electron chi connectivity index (χ3n) is 9.70. The third-order valence-corrected chi connectivity index (χ3v) is 35.4. The van der Waals surface area contributed by atoms with E-state index in [2.05, 4.69) is 186 Å². The molecule has 0 aromatic carbocycles. The summed E-state index contributed by atoms with van der Waals surface area (Å²) in [6.45, 7) is 38.1. The Morgan fingerprint density at radius 3 is 0.644 bits per heavy atom. The molecule has 0 aromatic heterocycles. The van der Waals surface area contributed by atoms with E-state index in [0.29, 0.717) is 45.3 Å². The minimum Gasteiger partial charge on any atom is -0.275 e. The van der Waals surface area contributed by atoms with Crippen molar-refractivity contribution in [1.29, 1.82) is 0 Å². The summed E-state index contributed by atoms with van der Waals surface area (Å²) < 4.78 is 35.4. The molecule has 0 aromatic rings. The van der Waals surface area contributed by atoms with Crippen molar-refractivity contribution in [2.75, 3.05) is 56.4 Å². The van der Waals surface area contributed by atoms with E-state index in [1.807, 2.05) is 0 Å². The fourth-order valence-corrected chi connectivity index (χ4v) is 38.4. The molecule has 272 valence electrons. The van der Waals surface area contributed by atoms with Gasteiger partial charge in [-0.1, -0.05) is 115 Å². The highest BCUT2D eigenvalue weighted by Crippen LogP contribution is 2.80. The first kappa shape index (κ1) is 46.1. The van der Waals surface area contributed by atoms with Crippen molar-refractivity contribution in [1.82, 2.24) is 22.9 Å². The molecule has 0 atom stereocenters. The molecule has 0 bridgehead atoms. The zero-order valence-electron chi connectivity index (χ0n) is 34.4. The molecule has 0 saturated carbocycles. The van der Waals surface area contributed by atoms with Crippen LogP contribution in [0.15, 0.2) is 13.5 Å². The average Bonchev–Trinajstić information content (AvgIpc) is 2.84. The molecular weight excluding hydrogens is 651 g/mol. The highest BCUT2D eigenvalue weighted by atomic mass is 31.3. The Balaban J connectivity index is 10.7. The first-order valence-corrected chi connectivity index (χ1v) is 26.2. The van der Waals surface area contributed by atoms with Gasteiger partial charge in [-0.05, 0) is 56.4 Å². The molecule has 0 spiro atoms. The lowest BCUT2D eigenvalue weighted by molar-refractivity contribution is 0.638. The lowest BCUT2D eigenvalue weighted by Crippen LogP contribution is -2.25. The van der Waals surface area contributed by atoms with Crippen molar-refractivity contribution in [3.63, 3.8) is 0 Å². The summed E-state index contributed by atoms with van der Waals surface area (Å²) in [7, 11) is 6.37. The second-order valence-electron chi connectivity index (χ2n) is 15.8. The quantitative estimate of drug-likeness (QED) is 0.124. The van der Waals surface area contributed by atoms with Crippen LogP contribution in [0, 0.1) is 0 Å². The molecule has 0 unspecified atom stereocenters. The van der Waals surface area contributed by atoms with Crippen LogP contribution in [-0.4, -0.2) is 120 Å². The molecule has 0 radical (unpaired) electrons. The maximum Gasteiger partial charge on any atom is 0.559 e. The van der Waals surface area contributed by atoms with Crippen LogP contribution in [0.3, 0.4) is 0 Å². The first-order chi connectivity index (χ1) is 20.1. The van der Waals surface area contributed by atoms with E-state index in [-0.39, 0.29) is 0 Å². The highest BCUT2D eigenvalue weighted by Gasteiger charge is 2.50. The van der Waals surface area contributed by atoms with Crippen molar-refractivity contribution < 1.29 is 0 Å². The van der Waals surface area contributed by atoms with Crippen LogP contribution in [0.1, 0.15) is 111 Å². The predicted octanol–water partition coefficient (Wildman–Crippen LogP) is 12.0. The summed E-state index contributed by atoms with van der Waals surface area (Å²) in [5.41, 5.74) is 2.84. The van der Waals surface area contributed by atoms with E-state index < -0.39 is 36.3 Å². The zero-order valence-corrected chi connectivity index (χ0v) is 38.9. The van der Waals surface area contributed by atoms with Crippen molar-refractivity contribution in [3.05, 3.63) is 0 Å². The molecule has 0 rings (SSSR count).